The number of hydrogen-bond acceptors (Lipinski definition) is 6. The summed E-state index contributed by atoms with van der Waals surface area (Å²) in [5.41, 5.74) is 4.04. The fourth-order valence-electron chi connectivity index (χ4n) is 3.94. The van der Waals surface area contributed by atoms with Crippen molar-refractivity contribution in [2.75, 3.05) is 25.0 Å². The molecule has 3 N–H and O–H groups in total. The highest BCUT2D eigenvalue weighted by atomic mass is 16.2. The van der Waals surface area contributed by atoms with Crippen molar-refractivity contribution in [3.05, 3.63) is 90.0 Å². The van der Waals surface area contributed by atoms with Gasteiger partial charge in [0.2, 0.25) is 5.91 Å². The number of carbonyl (C=O) groups excluding carboxylic acids is 2. The van der Waals surface area contributed by atoms with Crippen LogP contribution in [0.1, 0.15) is 28.3 Å². The van der Waals surface area contributed by atoms with E-state index in [1.165, 1.54) is 0 Å². The summed E-state index contributed by atoms with van der Waals surface area (Å²) in [5.74, 6) is 0.553. The summed E-state index contributed by atoms with van der Waals surface area (Å²) >= 11 is 0. The number of nitrogens with one attached hydrogen (secondary N) is 3. The van der Waals surface area contributed by atoms with Crippen molar-refractivity contribution in [3.63, 3.8) is 0 Å². The largest absolute Gasteiger partial charge is 0.367 e. The van der Waals surface area contributed by atoms with Crippen LogP contribution in [-0.4, -0.2) is 51.8 Å². The third kappa shape index (κ3) is 5.19. The van der Waals surface area contributed by atoms with E-state index in [9.17, 15) is 9.59 Å². The molecule has 1 aliphatic rings. The minimum Gasteiger partial charge on any atom is -0.367 e. The average molecular weight is 468 g/mol. The Bertz CT molecular complexity index is 1380. The van der Waals surface area contributed by atoms with Gasteiger partial charge in [-0.15, -0.1) is 0 Å². The number of hydrogen-bond donors (Lipinski definition) is 3. The number of amides is 2. The lowest BCUT2D eigenvalue weighted by atomic mass is 10.2. The Balaban J connectivity index is 1.20. The summed E-state index contributed by atoms with van der Waals surface area (Å²) in [4.78, 5) is 38.6. The maximum absolute atomic E-state index is 13.0. The van der Waals surface area contributed by atoms with Crippen molar-refractivity contribution in [2.24, 2.45) is 4.99 Å². The van der Waals surface area contributed by atoms with Gasteiger partial charge in [0, 0.05) is 26.1 Å². The summed E-state index contributed by atoms with van der Waals surface area (Å²) in [5, 5.41) is 8.80. The van der Waals surface area contributed by atoms with Crippen LogP contribution in [0, 0.1) is 0 Å². The third-order valence-electron chi connectivity index (χ3n) is 5.64. The molecular formula is C26H25N7O2. The molecule has 9 nitrogen and oxygen atoms in total. The number of aromatic nitrogens is 3. The van der Waals surface area contributed by atoms with Crippen LogP contribution in [-0.2, 0) is 11.3 Å². The predicted octanol–water partition coefficient (Wildman–Crippen LogP) is 2.59. The molecule has 0 atom stereocenters. The van der Waals surface area contributed by atoms with E-state index in [0.29, 0.717) is 18.1 Å². The van der Waals surface area contributed by atoms with Gasteiger partial charge in [-0.25, -0.2) is 4.98 Å². The number of amidine groups is 1. The number of nitrogens with zero attached hydrogens (tertiary/aromatic N) is 4. The topological polar surface area (TPSA) is 113 Å². The van der Waals surface area contributed by atoms with E-state index in [2.05, 4.69) is 30.9 Å². The number of anilines is 1. The number of imidazole rings is 1. The van der Waals surface area contributed by atoms with E-state index in [0.717, 1.165) is 41.2 Å². The van der Waals surface area contributed by atoms with Crippen LogP contribution in [0.2, 0.25) is 0 Å². The Hall–Kier alpha value is -4.53. The molecule has 0 saturated carbocycles. The zero-order valence-electron chi connectivity index (χ0n) is 19.1. The lowest BCUT2D eigenvalue weighted by Gasteiger charge is -2.10. The van der Waals surface area contributed by atoms with E-state index in [4.69, 9.17) is 0 Å². The number of aliphatic imine (C=N–C) groups is 1. The van der Waals surface area contributed by atoms with Gasteiger partial charge in [-0.1, -0.05) is 42.5 Å². The van der Waals surface area contributed by atoms with Gasteiger partial charge < -0.3 is 20.5 Å². The smallest absolute Gasteiger partial charge is 0.287 e. The predicted molar refractivity (Wildman–Crippen MR) is 135 cm³/mol. The first-order valence-electron chi connectivity index (χ1n) is 11.5. The van der Waals surface area contributed by atoms with Crippen LogP contribution in [0.15, 0.2) is 77.9 Å². The Kier molecular flexibility index (Phi) is 6.47. The fourth-order valence-corrected chi connectivity index (χ4v) is 3.94. The lowest BCUT2D eigenvalue weighted by molar-refractivity contribution is -0.116. The lowest BCUT2D eigenvalue weighted by Crippen LogP contribution is -2.30. The highest BCUT2D eigenvalue weighted by Gasteiger charge is 2.18. The molecule has 5 rings (SSSR count). The molecule has 2 amide bonds. The quantitative estimate of drug-likeness (QED) is 0.369. The maximum atomic E-state index is 13.0. The standard InChI is InChI=1S/C26H25N7O2/c34-23(31-19-10-11-21(30-16-19)24-27-14-15-28-24)12-13-29-26(35)25-32-20-8-4-5-9-22(20)33(25)17-18-6-2-1-3-7-18/h1-11,16H,12-15,17H2,(H,27,28)(H,29,35)(H,31,34). The van der Waals surface area contributed by atoms with Crippen LogP contribution in [0.25, 0.3) is 11.0 Å². The van der Waals surface area contributed by atoms with Gasteiger partial charge in [0.15, 0.2) is 5.82 Å². The fraction of sp³-hybridized carbons (Fsp3) is 0.192. The van der Waals surface area contributed by atoms with Gasteiger partial charge in [-0.2, -0.15) is 0 Å². The number of para-hydroxylation sites is 2. The minimum atomic E-state index is -0.319. The van der Waals surface area contributed by atoms with E-state index < -0.39 is 0 Å². The number of pyridine rings is 1. The zero-order chi connectivity index (χ0) is 24.0. The van der Waals surface area contributed by atoms with Crippen molar-refractivity contribution in [1.29, 1.82) is 0 Å². The van der Waals surface area contributed by atoms with E-state index in [1.54, 1.807) is 12.3 Å². The Morgan fingerprint density at radius 2 is 1.83 bits per heavy atom. The van der Waals surface area contributed by atoms with Crippen LogP contribution in [0.4, 0.5) is 5.69 Å². The van der Waals surface area contributed by atoms with Gasteiger partial charge in [0.1, 0.15) is 11.5 Å². The van der Waals surface area contributed by atoms with E-state index >= 15 is 0 Å². The van der Waals surface area contributed by atoms with E-state index in [1.807, 2.05) is 65.2 Å². The molecule has 9 heteroatoms. The molecule has 35 heavy (non-hydrogen) atoms. The Morgan fingerprint density at radius 1 is 1.00 bits per heavy atom. The number of rotatable bonds is 8. The molecule has 0 unspecified atom stereocenters. The second kappa shape index (κ2) is 10.2. The summed E-state index contributed by atoms with van der Waals surface area (Å²) in [7, 11) is 0. The minimum absolute atomic E-state index is 0.126. The van der Waals surface area contributed by atoms with Crippen molar-refractivity contribution in [3.8, 4) is 0 Å². The molecule has 0 fully saturated rings. The van der Waals surface area contributed by atoms with Crippen LogP contribution in [0.5, 0.6) is 0 Å². The summed E-state index contributed by atoms with van der Waals surface area (Å²) in [6.45, 7) is 2.26. The molecule has 0 radical (unpaired) electrons. The SMILES string of the molecule is O=C(CCNC(=O)c1nc2ccccc2n1Cc1ccccc1)Nc1ccc(C2=NCCN2)nc1. The third-order valence-corrected chi connectivity index (χ3v) is 5.64. The zero-order valence-corrected chi connectivity index (χ0v) is 19.1. The van der Waals surface area contributed by atoms with Gasteiger partial charge >= 0.3 is 0 Å². The average Bonchev–Trinajstić information content (AvgIpc) is 3.54. The number of carbonyl (C=O) groups is 2. The normalized spacial score (nSPS) is 12.7. The van der Waals surface area contributed by atoms with Gasteiger partial charge in [-0.3, -0.25) is 19.6 Å². The first-order valence-corrected chi connectivity index (χ1v) is 11.5. The van der Waals surface area contributed by atoms with Crippen LogP contribution in [0.3, 0.4) is 0 Å². The van der Waals surface area contributed by atoms with Crippen molar-refractivity contribution in [2.45, 2.75) is 13.0 Å². The molecule has 4 aromatic rings. The molecular weight excluding hydrogens is 442 g/mol. The molecule has 2 aromatic heterocycles. The Morgan fingerprint density at radius 3 is 2.60 bits per heavy atom. The van der Waals surface area contributed by atoms with Crippen LogP contribution >= 0.6 is 0 Å². The summed E-state index contributed by atoms with van der Waals surface area (Å²) in [6.07, 6.45) is 1.72. The van der Waals surface area contributed by atoms with Crippen molar-refractivity contribution in [1.82, 2.24) is 25.2 Å². The highest BCUT2D eigenvalue weighted by Crippen LogP contribution is 2.18. The summed E-state index contributed by atoms with van der Waals surface area (Å²) < 4.78 is 1.90. The molecule has 0 bridgehead atoms. The number of fused-ring (bicyclic) bond motifs is 1. The molecule has 176 valence electrons. The first kappa shape index (κ1) is 22.3. The molecule has 0 spiro atoms. The second-order valence-electron chi connectivity index (χ2n) is 8.14. The second-order valence-corrected chi connectivity index (χ2v) is 8.14. The van der Waals surface area contributed by atoms with Crippen molar-refractivity contribution < 1.29 is 9.59 Å². The molecule has 0 saturated heterocycles. The Labute approximate surface area is 202 Å². The van der Waals surface area contributed by atoms with Crippen molar-refractivity contribution >= 4 is 34.4 Å². The molecule has 3 heterocycles. The maximum Gasteiger partial charge on any atom is 0.287 e. The number of benzene rings is 2. The highest BCUT2D eigenvalue weighted by molar-refractivity contribution is 5.99. The van der Waals surface area contributed by atoms with Gasteiger partial charge in [0.05, 0.1) is 29.5 Å². The molecule has 0 aliphatic carbocycles. The van der Waals surface area contributed by atoms with E-state index in [-0.39, 0.29) is 24.8 Å². The summed E-state index contributed by atoms with van der Waals surface area (Å²) in [6, 6.07) is 21.2. The molecule has 2 aromatic carbocycles. The van der Waals surface area contributed by atoms with Gasteiger partial charge in [0.25, 0.3) is 5.91 Å². The first-order chi connectivity index (χ1) is 17.2. The molecule has 1 aliphatic heterocycles. The van der Waals surface area contributed by atoms with Gasteiger partial charge in [-0.05, 0) is 29.8 Å². The monoisotopic (exact) mass is 467 g/mol. The van der Waals surface area contributed by atoms with Crippen LogP contribution < -0.4 is 16.0 Å².